The fourth-order valence-corrected chi connectivity index (χ4v) is 5.95. The Kier molecular flexibility index (Phi) is 7.13. The number of hydrogen-bond acceptors (Lipinski definition) is 5. The van der Waals surface area contributed by atoms with E-state index >= 15 is 0 Å². The van der Waals surface area contributed by atoms with Crippen molar-refractivity contribution in [3.05, 3.63) is 54.6 Å². The van der Waals surface area contributed by atoms with Gasteiger partial charge in [-0.05, 0) is 62.8 Å². The molecule has 0 radical (unpaired) electrons. The van der Waals surface area contributed by atoms with Crippen molar-refractivity contribution >= 4 is 15.9 Å². The van der Waals surface area contributed by atoms with Gasteiger partial charge in [-0.2, -0.15) is 4.31 Å². The number of hydrogen-bond donors (Lipinski definition) is 2. The Morgan fingerprint density at radius 3 is 2.44 bits per heavy atom. The summed E-state index contributed by atoms with van der Waals surface area (Å²) in [4.78, 5) is 13.0. The molecule has 8 heteroatoms. The molecule has 2 aromatic carbocycles. The molecule has 1 saturated carbocycles. The maximum Gasteiger partial charge on any atom is 0.243 e. The summed E-state index contributed by atoms with van der Waals surface area (Å²) < 4.78 is 33.8. The van der Waals surface area contributed by atoms with Crippen molar-refractivity contribution < 1.29 is 23.1 Å². The topological polar surface area (TPSA) is 95.9 Å². The van der Waals surface area contributed by atoms with Crippen LogP contribution in [0.25, 0.3) is 0 Å². The van der Waals surface area contributed by atoms with Crippen LogP contribution in [0.5, 0.6) is 11.5 Å². The molecule has 0 bridgehead atoms. The van der Waals surface area contributed by atoms with Crippen LogP contribution in [-0.2, 0) is 14.8 Å². The molecule has 0 unspecified atom stereocenters. The van der Waals surface area contributed by atoms with Crippen LogP contribution in [0.15, 0.2) is 59.5 Å². The third-order valence-corrected chi connectivity index (χ3v) is 8.08. The summed E-state index contributed by atoms with van der Waals surface area (Å²) in [6.07, 6.45) is 3.94. The first-order chi connectivity index (χ1) is 15.4. The van der Waals surface area contributed by atoms with Crippen LogP contribution in [0, 0.1) is 5.92 Å². The molecule has 1 aliphatic carbocycles. The number of ether oxygens (including phenoxy) is 1. The van der Waals surface area contributed by atoms with Crippen molar-refractivity contribution in [2.45, 2.75) is 55.6 Å². The summed E-state index contributed by atoms with van der Waals surface area (Å²) in [5.41, 5.74) is 0. The SMILES string of the molecule is O=C(N[C@H]1CC[C@H](O)CC1)[C@H]1CCCN(S(=O)(=O)c2cccc(Oc3ccccc3)c2)C1. The van der Waals surface area contributed by atoms with Crippen molar-refractivity contribution in [1.29, 1.82) is 0 Å². The third kappa shape index (κ3) is 5.49. The summed E-state index contributed by atoms with van der Waals surface area (Å²) in [7, 11) is -3.74. The smallest absolute Gasteiger partial charge is 0.243 e. The number of nitrogens with zero attached hydrogens (tertiary/aromatic N) is 1. The highest BCUT2D eigenvalue weighted by Crippen LogP contribution is 2.28. The first-order valence-corrected chi connectivity index (χ1v) is 12.7. The van der Waals surface area contributed by atoms with Gasteiger partial charge in [0.25, 0.3) is 0 Å². The van der Waals surface area contributed by atoms with Crippen LogP contribution >= 0.6 is 0 Å². The molecule has 2 fully saturated rings. The van der Waals surface area contributed by atoms with Crippen molar-refractivity contribution in [1.82, 2.24) is 9.62 Å². The minimum Gasteiger partial charge on any atom is -0.457 e. The number of benzene rings is 2. The number of piperidine rings is 1. The lowest BCUT2D eigenvalue weighted by molar-refractivity contribution is -0.127. The van der Waals surface area contributed by atoms with Crippen molar-refractivity contribution in [3.8, 4) is 11.5 Å². The van der Waals surface area contributed by atoms with Gasteiger partial charge in [-0.15, -0.1) is 0 Å². The van der Waals surface area contributed by atoms with E-state index < -0.39 is 10.0 Å². The van der Waals surface area contributed by atoms with E-state index in [1.807, 2.05) is 30.3 Å². The molecule has 0 aromatic heterocycles. The number of rotatable bonds is 6. The zero-order valence-electron chi connectivity index (χ0n) is 18.0. The summed E-state index contributed by atoms with van der Waals surface area (Å²) >= 11 is 0. The zero-order chi connectivity index (χ0) is 22.6. The van der Waals surface area contributed by atoms with Crippen molar-refractivity contribution in [3.63, 3.8) is 0 Å². The maximum absolute atomic E-state index is 13.3. The quantitative estimate of drug-likeness (QED) is 0.693. The monoisotopic (exact) mass is 458 g/mol. The Bertz CT molecular complexity index is 1020. The summed E-state index contributed by atoms with van der Waals surface area (Å²) in [5.74, 6) is 0.622. The summed E-state index contributed by atoms with van der Waals surface area (Å²) in [5, 5.41) is 12.7. The second-order valence-corrected chi connectivity index (χ2v) is 10.5. The van der Waals surface area contributed by atoms with E-state index in [4.69, 9.17) is 4.74 Å². The van der Waals surface area contributed by atoms with Gasteiger partial charge in [0.05, 0.1) is 16.9 Å². The van der Waals surface area contributed by atoms with E-state index in [-0.39, 0.29) is 35.4 Å². The van der Waals surface area contributed by atoms with Crippen LogP contribution in [0.4, 0.5) is 0 Å². The fourth-order valence-electron chi connectivity index (χ4n) is 4.39. The average molecular weight is 459 g/mol. The molecule has 1 aliphatic heterocycles. The van der Waals surface area contributed by atoms with E-state index in [1.54, 1.807) is 18.2 Å². The Morgan fingerprint density at radius 2 is 1.69 bits per heavy atom. The summed E-state index contributed by atoms with van der Waals surface area (Å²) in [6.45, 7) is 0.568. The minimum atomic E-state index is -3.74. The zero-order valence-corrected chi connectivity index (χ0v) is 18.8. The predicted octanol–water partition coefficient (Wildman–Crippen LogP) is 3.30. The molecule has 0 spiro atoms. The fraction of sp³-hybridized carbons (Fsp3) is 0.458. The highest BCUT2D eigenvalue weighted by molar-refractivity contribution is 7.89. The lowest BCUT2D eigenvalue weighted by Gasteiger charge is -2.33. The molecule has 1 amide bonds. The Morgan fingerprint density at radius 1 is 0.969 bits per heavy atom. The van der Waals surface area contributed by atoms with Gasteiger partial charge in [0, 0.05) is 25.2 Å². The van der Waals surface area contributed by atoms with Crippen molar-refractivity contribution in [2.24, 2.45) is 5.92 Å². The van der Waals surface area contributed by atoms with Crippen LogP contribution in [0.2, 0.25) is 0 Å². The highest BCUT2D eigenvalue weighted by atomic mass is 32.2. The standard InChI is InChI=1S/C24H30N2O5S/c27-20-13-11-19(12-14-20)25-24(28)18-6-5-15-26(17-18)32(29,30)23-10-4-9-22(16-23)31-21-7-2-1-3-8-21/h1-4,7-10,16,18-20,27H,5-6,11-15,17H2,(H,25,28)/t18-,19-,20-/m0/s1. The second-order valence-electron chi connectivity index (χ2n) is 8.61. The molecule has 1 atom stereocenters. The highest BCUT2D eigenvalue weighted by Gasteiger charge is 2.34. The molecule has 2 aliphatic rings. The van der Waals surface area contributed by atoms with Gasteiger partial charge >= 0.3 is 0 Å². The molecule has 1 heterocycles. The number of sulfonamides is 1. The van der Waals surface area contributed by atoms with Crippen LogP contribution < -0.4 is 10.1 Å². The van der Waals surface area contributed by atoms with E-state index in [2.05, 4.69) is 5.32 Å². The normalized spacial score (nSPS) is 24.6. The molecule has 4 rings (SSSR count). The molecule has 2 N–H and O–H groups in total. The number of aliphatic hydroxyl groups excluding tert-OH is 1. The number of para-hydroxylation sites is 1. The molecular formula is C24H30N2O5S. The van der Waals surface area contributed by atoms with Crippen LogP contribution in [0.1, 0.15) is 38.5 Å². The summed E-state index contributed by atoms with van der Waals surface area (Å²) in [6, 6.07) is 15.7. The van der Waals surface area contributed by atoms with E-state index in [1.165, 1.54) is 10.4 Å². The Balaban J connectivity index is 1.42. The Hall–Kier alpha value is -2.42. The van der Waals surface area contributed by atoms with Gasteiger partial charge in [-0.25, -0.2) is 8.42 Å². The maximum atomic E-state index is 13.3. The largest absolute Gasteiger partial charge is 0.457 e. The van der Waals surface area contributed by atoms with Gasteiger partial charge in [0.1, 0.15) is 11.5 Å². The number of carbonyl (C=O) groups excluding carboxylic acids is 1. The number of carbonyl (C=O) groups is 1. The second kappa shape index (κ2) is 10.0. The molecule has 1 saturated heterocycles. The van der Waals surface area contributed by atoms with Crippen molar-refractivity contribution in [2.75, 3.05) is 13.1 Å². The lowest BCUT2D eigenvalue weighted by Crippen LogP contribution is -2.48. The van der Waals surface area contributed by atoms with Crippen LogP contribution in [0.3, 0.4) is 0 Å². The van der Waals surface area contributed by atoms with E-state index in [0.717, 1.165) is 12.8 Å². The third-order valence-electron chi connectivity index (χ3n) is 6.22. The first-order valence-electron chi connectivity index (χ1n) is 11.2. The van der Waals surface area contributed by atoms with Gasteiger partial charge in [0.2, 0.25) is 15.9 Å². The van der Waals surface area contributed by atoms with Crippen LogP contribution in [-0.4, -0.2) is 49.0 Å². The molecule has 7 nitrogen and oxygen atoms in total. The predicted molar refractivity (Wildman–Crippen MR) is 121 cm³/mol. The minimum absolute atomic E-state index is 0.0599. The number of amides is 1. The van der Waals surface area contributed by atoms with Gasteiger partial charge < -0.3 is 15.2 Å². The molecule has 172 valence electrons. The van der Waals surface area contributed by atoms with Gasteiger partial charge in [-0.3, -0.25) is 4.79 Å². The Labute approximate surface area is 189 Å². The first kappa shape index (κ1) is 22.8. The molecular weight excluding hydrogens is 428 g/mol. The lowest BCUT2D eigenvalue weighted by atomic mass is 9.92. The number of aliphatic hydroxyl groups is 1. The molecule has 2 aromatic rings. The number of nitrogens with one attached hydrogen (secondary N) is 1. The van der Waals surface area contributed by atoms with Gasteiger partial charge in [-0.1, -0.05) is 24.3 Å². The average Bonchev–Trinajstić information content (AvgIpc) is 2.81. The van der Waals surface area contributed by atoms with Gasteiger partial charge in [0.15, 0.2) is 0 Å². The van der Waals surface area contributed by atoms with E-state index in [0.29, 0.717) is 43.7 Å². The van der Waals surface area contributed by atoms with E-state index in [9.17, 15) is 18.3 Å². The molecule has 32 heavy (non-hydrogen) atoms.